The van der Waals surface area contributed by atoms with Crippen LogP contribution in [0.25, 0.3) is 0 Å². The molecule has 0 unspecified atom stereocenters. The molecule has 1 aliphatic carbocycles. The second-order valence-corrected chi connectivity index (χ2v) is 7.75. The van der Waals surface area contributed by atoms with Gasteiger partial charge in [-0.3, -0.25) is 9.69 Å². The molecule has 0 spiro atoms. The molecular weight excluding hydrogens is 314 g/mol. The highest BCUT2D eigenvalue weighted by Gasteiger charge is 2.43. The second-order valence-electron chi connectivity index (χ2n) is 7.75. The summed E-state index contributed by atoms with van der Waals surface area (Å²) in [6.07, 6.45) is 4.95. The maximum absolute atomic E-state index is 13.2. The monoisotopic (exact) mass is 343 g/mol. The predicted octanol–water partition coefficient (Wildman–Crippen LogP) is 1.62. The molecule has 0 radical (unpaired) electrons. The first-order valence-electron chi connectivity index (χ1n) is 9.72. The summed E-state index contributed by atoms with van der Waals surface area (Å²) in [5, 5.41) is 0. The van der Waals surface area contributed by atoms with Crippen molar-refractivity contribution in [1.29, 1.82) is 0 Å². The van der Waals surface area contributed by atoms with Gasteiger partial charge in [0.15, 0.2) is 0 Å². The molecule has 136 valence electrons. The number of anilines is 1. The van der Waals surface area contributed by atoms with Crippen LogP contribution >= 0.6 is 0 Å². The van der Waals surface area contributed by atoms with Gasteiger partial charge in [-0.1, -0.05) is 0 Å². The second kappa shape index (κ2) is 6.90. The minimum absolute atomic E-state index is 0.151. The third-order valence-electron chi connectivity index (χ3n) is 5.72. The summed E-state index contributed by atoms with van der Waals surface area (Å²) in [6.45, 7) is 9.48. The van der Waals surface area contributed by atoms with Crippen molar-refractivity contribution in [2.24, 2.45) is 5.92 Å². The number of likely N-dealkylation sites (tertiary alicyclic amines) is 1. The highest BCUT2D eigenvalue weighted by atomic mass is 16.2. The van der Waals surface area contributed by atoms with Crippen molar-refractivity contribution in [3.05, 3.63) is 17.6 Å². The average Bonchev–Trinajstić information content (AvgIpc) is 3.28. The fourth-order valence-corrected chi connectivity index (χ4v) is 4.29. The van der Waals surface area contributed by atoms with Crippen molar-refractivity contribution in [2.45, 2.75) is 45.6 Å². The Morgan fingerprint density at radius 3 is 2.32 bits per heavy atom. The van der Waals surface area contributed by atoms with Gasteiger partial charge < -0.3 is 9.80 Å². The van der Waals surface area contributed by atoms with E-state index in [1.54, 1.807) is 0 Å². The molecule has 0 aromatic carbocycles. The Balaban J connectivity index is 1.39. The van der Waals surface area contributed by atoms with Crippen LogP contribution in [0.5, 0.6) is 0 Å². The first-order chi connectivity index (χ1) is 12.1. The molecule has 6 nitrogen and oxygen atoms in total. The molecule has 3 fully saturated rings. The molecule has 4 rings (SSSR count). The van der Waals surface area contributed by atoms with Crippen LogP contribution in [0.15, 0.2) is 6.07 Å². The molecule has 6 heteroatoms. The SMILES string of the molecule is Cc1cc(N2CCN(C(=O)[C@H](C3CC3)N3CCCC3)CC2)nc(C)n1. The van der Waals surface area contributed by atoms with E-state index in [0.29, 0.717) is 11.8 Å². The Kier molecular flexibility index (Phi) is 4.63. The minimum atomic E-state index is 0.151. The molecule has 1 aromatic rings. The van der Waals surface area contributed by atoms with Crippen molar-refractivity contribution in [2.75, 3.05) is 44.2 Å². The summed E-state index contributed by atoms with van der Waals surface area (Å²) in [7, 11) is 0. The van der Waals surface area contributed by atoms with E-state index in [1.807, 2.05) is 19.9 Å². The number of amides is 1. The third-order valence-corrected chi connectivity index (χ3v) is 5.72. The Morgan fingerprint density at radius 1 is 1.04 bits per heavy atom. The van der Waals surface area contributed by atoms with Gasteiger partial charge in [-0.2, -0.15) is 0 Å². The zero-order chi connectivity index (χ0) is 17.4. The summed E-state index contributed by atoms with van der Waals surface area (Å²) in [6, 6.07) is 2.19. The number of hydrogen-bond donors (Lipinski definition) is 0. The van der Waals surface area contributed by atoms with Crippen LogP contribution in [-0.4, -0.2) is 71.0 Å². The topological polar surface area (TPSA) is 52.6 Å². The van der Waals surface area contributed by atoms with Crippen LogP contribution in [0.3, 0.4) is 0 Å². The highest BCUT2D eigenvalue weighted by Crippen LogP contribution is 2.37. The Bertz CT molecular complexity index is 610. The van der Waals surface area contributed by atoms with Gasteiger partial charge >= 0.3 is 0 Å². The normalized spacial score (nSPS) is 23.1. The number of nitrogens with zero attached hydrogens (tertiary/aromatic N) is 5. The number of piperazine rings is 1. The fourth-order valence-electron chi connectivity index (χ4n) is 4.29. The lowest BCUT2D eigenvalue weighted by Crippen LogP contribution is -2.55. The molecule has 3 aliphatic rings. The number of carbonyl (C=O) groups excluding carboxylic acids is 1. The highest BCUT2D eigenvalue weighted by molar-refractivity contribution is 5.83. The van der Waals surface area contributed by atoms with Gasteiger partial charge in [0.1, 0.15) is 11.6 Å². The summed E-state index contributed by atoms with van der Waals surface area (Å²) >= 11 is 0. The lowest BCUT2D eigenvalue weighted by Gasteiger charge is -2.39. The van der Waals surface area contributed by atoms with Crippen molar-refractivity contribution < 1.29 is 4.79 Å². The van der Waals surface area contributed by atoms with E-state index in [0.717, 1.165) is 56.6 Å². The van der Waals surface area contributed by atoms with Crippen molar-refractivity contribution in [1.82, 2.24) is 19.8 Å². The van der Waals surface area contributed by atoms with Gasteiger partial charge in [0.2, 0.25) is 5.91 Å². The number of aryl methyl sites for hydroxylation is 2. The van der Waals surface area contributed by atoms with Gasteiger partial charge in [-0.25, -0.2) is 9.97 Å². The number of rotatable bonds is 4. The molecule has 1 atom stereocenters. The van der Waals surface area contributed by atoms with E-state index < -0.39 is 0 Å². The Morgan fingerprint density at radius 2 is 1.72 bits per heavy atom. The molecule has 0 N–H and O–H groups in total. The lowest BCUT2D eigenvalue weighted by atomic mass is 10.1. The van der Waals surface area contributed by atoms with Gasteiger partial charge in [0.25, 0.3) is 0 Å². The fraction of sp³-hybridized carbons (Fsp3) is 0.737. The van der Waals surface area contributed by atoms with Crippen LogP contribution in [0.1, 0.15) is 37.2 Å². The molecular formula is C19H29N5O. The summed E-state index contributed by atoms with van der Waals surface area (Å²) < 4.78 is 0. The first-order valence-corrected chi connectivity index (χ1v) is 9.72. The van der Waals surface area contributed by atoms with Crippen molar-refractivity contribution in [3.8, 4) is 0 Å². The van der Waals surface area contributed by atoms with E-state index in [4.69, 9.17) is 0 Å². The van der Waals surface area contributed by atoms with Crippen molar-refractivity contribution >= 4 is 11.7 Å². The number of carbonyl (C=O) groups is 1. The zero-order valence-corrected chi connectivity index (χ0v) is 15.4. The lowest BCUT2D eigenvalue weighted by molar-refractivity contribution is -0.137. The van der Waals surface area contributed by atoms with Gasteiger partial charge in [-0.15, -0.1) is 0 Å². The summed E-state index contributed by atoms with van der Waals surface area (Å²) in [4.78, 5) is 28.9. The molecule has 25 heavy (non-hydrogen) atoms. The minimum Gasteiger partial charge on any atom is -0.353 e. The summed E-state index contributed by atoms with van der Waals surface area (Å²) in [5.74, 6) is 2.79. The standard InChI is InChI=1S/C19H29N5O/c1-14-13-17(21-15(2)20-14)22-9-11-24(12-10-22)19(25)18(16-5-6-16)23-7-3-4-8-23/h13,16,18H,3-12H2,1-2H3/t18-/m0/s1. The molecule has 2 aliphatic heterocycles. The molecule has 1 aromatic heterocycles. The maximum atomic E-state index is 13.2. The van der Waals surface area contributed by atoms with Gasteiger partial charge in [0.05, 0.1) is 6.04 Å². The first kappa shape index (κ1) is 16.8. The van der Waals surface area contributed by atoms with Gasteiger partial charge in [-0.05, 0) is 58.5 Å². The quantitative estimate of drug-likeness (QED) is 0.831. The Labute approximate surface area is 150 Å². The van der Waals surface area contributed by atoms with Crippen molar-refractivity contribution in [3.63, 3.8) is 0 Å². The van der Waals surface area contributed by atoms with Crippen LogP contribution < -0.4 is 4.90 Å². The van der Waals surface area contributed by atoms with Crippen LogP contribution in [-0.2, 0) is 4.79 Å². The third kappa shape index (κ3) is 3.64. The van der Waals surface area contributed by atoms with E-state index in [2.05, 4.69) is 24.7 Å². The number of aromatic nitrogens is 2. The smallest absolute Gasteiger partial charge is 0.240 e. The molecule has 2 saturated heterocycles. The van der Waals surface area contributed by atoms with Crippen LogP contribution in [0, 0.1) is 19.8 Å². The molecule has 0 bridgehead atoms. The van der Waals surface area contributed by atoms with E-state index in [1.165, 1.54) is 25.7 Å². The predicted molar refractivity (Wildman–Crippen MR) is 97.6 cm³/mol. The Hall–Kier alpha value is -1.69. The number of hydrogen-bond acceptors (Lipinski definition) is 5. The van der Waals surface area contributed by atoms with Gasteiger partial charge in [0, 0.05) is 37.9 Å². The molecule has 3 heterocycles. The van der Waals surface area contributed by atoms with Crippen LogP contribution in [0.4, 0.5) is 5.82 Å². The van der Waals surface area contributed by atoms with E-state index in [-0.39, 0.29) is 6.04 Å². The molecule has 1 amide bonds. The van der Waals surface area contributed by atoms with E-state index in [9.17, 15) is 4.79 Å². The van der Waals surface area contributed by atoms with E-state index >= 15 is 0 Å². The average molecular weight is 343 g/mol. The maximum Gasteiger partial charge on any atom is 0.240 e. The van der Waals surface area contributed by atoms with Crippen LogP contribution in [0.2, 0.25) is 0 Å². The largest absolute Gasteiger partial charge is 0.353 e. The zero-order valence-electron chi connectivity index (χ0n) is 15.4. The molecule has 1 saturated carbocycles. The summed E-state index contributed by atoms with van der Waals surface area (Å²) in [5.41, 5.74) is 1.00.